The van der Waals surface area contributed by atoms with Crippen LogP contribution in [0.3, 0.4) is 0 Å². The summed E-state index contributed by atoms with van der Waals surface area (Å²) in [5.74, 6) is 0.240. The first-order chi connectivity index (χ1) is 18.8. The molecular weight excluding hydrogens is 517 g/mol. The van der Waals surface area contributed by atoms with E-state index in [1.165, 1.54) is 28.6 Å². The van der Waals surface area contributed by atoms with Gasteiger partial charge >= 0.3 is 0 Å². The summed E-state index contributed by atoms with van der Waals surface area (Å²) in [6.45, 7) is 0.172. The molecular formula is C30H28FN3O4S. The fourth-order valence-corrected chi connectivity index (χ4v) is 5.93. The lowest BCUT2D eigenvalue weighted by molar-refractivity contribution is -0.117. The van der Waals surface area contributed by atoms with Crippen LogP contribution in [0, 0.1) is 11.7 Å². The first-order valence-electron chi connectivity index (χ1n) is 12.5. The highest BCUT2D eigenvalue weighted by Gasteiger charge is 2.43. The molecule has 0 spiro atoms. The van der Waals surface area contributed by atoms with Crippen LogP contribution in [-0.4, -0.2) is 30.7 Å². The van der Waals surface area contributed by atoms with Crippen LogP contribution in [0.4, 0.5) is 10.1 Å². The van der Waals surface area contributed by atoms with Crippen molar-refractivity contribution in [3.8, 4) is 5.75 Å². The molecule has 4 aromatic rings. The number of carbonyl (C=O) groups excluding carboxylic acids is 1. The number of benzene rings is 3. The average molecular weight is 546 g/mol. The summed E-state index contributed by atoms with van der Waals surface area (Å²) in [7, 11) is -2.36. The van der Waals surface area contributed by atoms with Gasteiger partial charge in [-0.05, 0) is 89.7 Å². The van der Waals surface area contributed by atoms with Gasteiger partial charge in [-0.1, -0.05) is 24.3 Å². The molecule has 1 fully saturated rings. The standard InChI is InChI=1S/C30H28FN3O4S/c1-38-26-10-4-22(5-11-26)20-34(19-21-2-6-24(31)7-3-21)39(36,37)27-12-8-25(9-13-27)33-30(35)29-18-28(29)23-14-16-32-17-15-23/h2-17,28-29H,18-20H2,1H3,(H,33,35). The number of amides is 1. The molecule has 0 saturated heterocycles. The van der Waals surface area contributed by atoms with Gasteiger partial charge in [0.1, 0.15) is 11.6 Å². The number of anilines is 1. The Bertz CT molecular complexity index is 1530. The van der Waals surface area contributed by atoms with E-state index in [-0.39, 0.29) is 41.5 Å². The maximum atomic E-state index is 13.7. The minimum atomic E-state index is -3.93. The monoisotopic (exact) mass is 545 g/mol. The van der Waals surface area contributed by atoms with Gasteiger partial charge < -0.3 is 10.1 Å². The first-order valence-corrected chi connectivity index (χ1v) is 14.0. The number of sulfonamides is 1. The van der Waals surface area contributed by atoms with Crippen molar-refractivity contribution in [2.45, 2.75) is 30.3 Å². The van der Waals surface area contributed by atoms with Gasteiger partial charge in [-0.25, -0.2) is 12.8 Å². The third-order valence-corrected chi connectivity index (χ3v) is 8.62. The number of rotatable bonds is 10. The molecule has 0 bridgehead atoms. The molecule has 1 N–H and O–H groups in total. The zero-order valence-electron chi connectivity index (χ0n) is 21.3. The molecule has 0 radical (unpaired) electrons. The van der Waals surface area contributed by atoms with E-state index in [9.17, 15) is 17.6 Å². The summed E-state index contributed by atoms with van der Waals surface area (Å²) >= 11 is 0. The Morgan fingerprint density at radius 3 is 2.10 bits per heavy atom. The minimum absolute atomic E-state index is 0.0607. The van der Waals surface area contributed by atoms with Gasteiger partial charge in [0.2, 0.25) is 15.9 Å². The van der Waals surface area contributed by atoms with Crippen LogP contribution in [0.2, 0.25) is 0 Å². The minimum Gasteiger partial charge on any atom is -0.497 e. The normalized spacial score (nSPS) is 16.6. The van der Waals surface area contributed by atoms with Crippen molar-refractivity contribution < 1.29 is 22.3 Å². The molecule has 2 unspecified atom stereocenters. The van der Waals surface area contributed by atoms with Gasteiger partial charge in [0.15, 0.2) is 0 Å². The van der Waals surface area contributed by atoms with Gasteiger partial charge in [0.05, 0.1) is 12.0 Å². The van der Waals surface area contributed by atoms with Crippen molar-refractivity contribution >= 4 is 21.6 Å². The van der Waals surface area contributed by atoms with E-state index < -0.39 is 10.0 Å². The number of nitrogens with one attached hydrogen (secondary N) is 1. The highest BCUT2D eigenvalue weighted by atomic mass is 32.2. The summed E-state index contributed by atoms with van der Waals surface area (Å²) < 4.78 is 47.4. The zero-order chi connectivity index (χ0) is 27.4. The van der Waals surface area contributed by atoms with Crippen LogP contribution in [0.15, 0.2) is 102 Å². The highest BCUT2D eigenvalue weighted by Crippen LogP contribution is 2.47. The number of pyridine rings is 1. The molecule has 1 aliphatic carbocycles. The Labute approximate surface area is 227 Å². The lowest BCUT2D eigenvalue weighted by Crippen LogP contribution is -2.30. The van der Waals surface area contributed by atoms with Gasteiger partial charge in [-0.15, -0.1) is 0 Å². The van der Waals surface area contributed by atoms with Crippen molar-refractivity contribution in [3.63, 3.8) is 0 Å². The molecule has 39 heavy (non-hydrogen) atoms. The van der Waals surface area contributed by atoms with E-state index >= 15 is 0 Å². The quantitative estimate of drug-likeness (QED) is 0.290. The Balaban J connectivity index is 1.31. The van der Waals surface area contributed by atoms with E-state index in [1.807, 2.05) is 24.3 Å². The smallest absolute Gasteiger partial charge is 0.243 e. The van der Waals surface area contributed by atoms with Crippen molar-refractivity contribution in [1.29, 1.82) is 0 Å². The lowest BCUT2D eigenvalue weighted by Gasteiger charge is -2.23. The van der Waals surface area contributed by atoms with Crippen LogP contribution in [0.5, 0.6) is 5.75 Å². The molecule has 7 nitrogen and oxygen atoms in total. The largest absolute Gasteiger partial charge is 0.497 e. The molecule has 1 amide bonds. The van der Waals surface area contributed by atoms with Gasteiger partial charge in [-0.2, -0.15) is 4.31 Å². The topological polar surface area (TPSA) is 88.6 Å². The molecule has 3 aromatic carbocycles. The van der Waals surface area contributed by atoms with Crippen LogP contribution in [-0.2, 0) is 27.9 Å². The van der Waals surface area contributed by atoms with Crippen molar-refractivity contribution in [2.75, 3.05) is 12.4 Å². The molecule has 200 valence electrons. The number of methoxy groups -OCH3 is 1. The Kier molecular flexibility index (Phi) is 7.72. The fourth-order valence-electron chi connectivity index (χ4n) is 4.51. The fraction of sp³-hybridized carbons (Fsp3) is 0.200. The first kappa shape index (κ1) is 26.5. The van der Waals surface area contributed by atoms with Crippen LogP contribution in [0.25, 0.3) is 0 Å². The van der Waals surface area contributed by atoms with Crippen molar-refractivity contribution in [3.05, 3.63) is 120 Å². The SMILES string of the molecule is COc1ccc(CN(Cc2ccc(F)cc2)S(=O)(=O)c2ccc(NC(=O)C3CC3c3ccncc3)cc2)cc1. The number of hydrogen-bond acceptors (Lipinski definition) is 5. The van der Waals surface area contributed by atoms with E-state index in [1.54, 1.807) is 55.9 Å². The van der Waals surface area contributed by atoms with Gasteiger partial charge in [0.25, 0.3) is 0 Å². The molecule has 1 heterocycles. The van der Waals surface area contributed by atoms with Crippen molar-refractivity contribution in [1.82, 2.24) is 9.29 Å². The number of halogens is 1. The van der Waals surface area contributed by atoms with Gasteiger partial charge in [0, 0.05) is 37.1 Å². The molecule has 5 rings (SSSR count). The number of carbonyl (C=O) groups is 1. The maximum Gasteiger partial charge on any atom is 0.243 e. The van der Waals surface area contributed by atoms with Crippen LogP contribution in [0.1, 0.15) is 29.0 Å². The summed E-state index contributed by atoms with van der Waals surface area (Å²) in [6.07, 6.45) is 4.21. The predicted octanol–water partition coefficient (Wildman–Crippen LogP) is 5.36. The summed E-state index contributed by atoms with van der Waals surface area (Å²) in [5.41, 5.74) is 3.05. The second-order valence-electron chi connectivity index (χ2n) is 9.49. The highest BCUT2D eigenvalue weighted by molar-refractivity contribution is 7.89. The molecule has 2 atom stereocenters. The third-order valence-electron chi connectivity index (χ3n) is 6.81. The Morgan fingerprint density at radius 2 is 1.51 bits per heavy atom. The van der Waals surface area contributed by atoms with Gasteiger partial charge in [-0.3, -0.25) is 9.78 Å². The predicted molar refractivity (Wildman–Crippen MR) is 146 cm³/mol. The summed E-state index contributed by atoms with van der Waals surface area (Å²) in [4.78, 5) is 16.8. The van der Waals surface area contributed by atoms with E-state index in [0.29, 0.717) is 17.0 Å². The lowest BCUT2D eigenvalue weighted by atomic mass is 10.1. The Morgan fingerprint density at radius 1 is 0.923 bits per heavy atom. The second kappa shape index (κ2) is 11.3. The second-order valence-corrected chi connectivity index (χ2v) is 11.4. The Hall–Kier alpha value is -4.08. The van der Waals surface area contributed by atoms with E-state index in [0.717, 1.165) is 17.5 Å². The van der Waals surface area contributed by atoms with Crippen LogP contribution >= 0.6 is 0 Å². The summed E-state index contributed by atoms with van der Waals surface area (Å²) in [5, 5.41) is 2.90. The number of aromatic nitrogens is 1. The maximum absolute atomic E-state index is 13.7. The number of nitrogens with zero attached hydrogens (tertiary/aromatic N) is 2. The van der Waals surface area contributed by atoms with Crippen LogP contribution < -0.4 is 10.1 Å². The third kappa shape index (κ3) is 6.32. The van der Waals surface area contributed by atoms with E-state index in [4.69, 9.17) is 4.74 Å². The number of ether oxygens (including phenoxy) is 1. The van der Waals surface area contributed by atoms with Crippen molar-refractivity contribution in [2.24, 2.45) is 5.92 Å². The molecule has 1 saturated carbocycles. The molecule has 9 heteroatoms. The zero-order valence-corrected chi connectivity index (χ0v) is 22.1. The molecule has 1 aromatic heterocycles. The average Bonchev–Trinajstić information content (AvgIpc) is 3.76. The molecule has 1 aliphatic rings. The number of hydrogen-bond donors (Lipinski definition) is 1. The molecule has 0 aliphatic heterocycles. The van der Waals surface area contributed by atoms with E-state index in [2.05, 4.69) is 10.3 Å². The summed E-state index contributed by atoms with van der Waals surface area (Å²) in [6, 6.07) is 22.9.